The summed E-state index contributed by atoms with van der Waals surface area (Å²) in [7, 11) is -2.98. The lowest BCUT2D eigenvalue weighted by Gasteiger charge is -2.27. The predicted octanol–water partition coefficient (Wildman–Crippen LogP) is 0.873. The summed E-state index contributed by atoms with van der Waals surface area (Å²) in [6.07, 6.45) is 4.07. The van der Waals surface area contributed by atoms with Crippen molar-refractivity contribution in [1.29, 1.82) is 0 Å². The van der Waals surface area contributed by atoms with Gasteiger partial charge in [0.1, 0.15) is 5.69 Å². The van der Waals surface area contributed by atoms with Crippen molar-refractivity contribution < 1.29 is 13.2 Å². The van der Waals surface area contributed by atoms with Crippen molar-refractivity contribution in [2.24, 2.45) is 0 Å². The minimum Gasteiger partial charge on any atom is -0.330 e. The standard InChI is InChI=1S/C13H16N2O3S/c16-13(12-3-1-2-7-14-12)15(10-4-5-10)11-6-8-19(17,18)9-11/h1-3,7,10-11H,4-6,8-9H2/t11-/m1/s1. The van der Waals surface area contributed by atoms with E-state index in [1.807, 2.05) is 0 Å². The Morgan fingerprint density at radius 2 is 2.00 bits per heavy atom. The van der Waals surface area contributed by atoms with E-state index in [4.69, 9.17) is 0 Å². The first kappa shape index (κ1) is 12.6. The third-order valence-electron chi connectivity index (χ3n) is 3.66. The Bertz CT molecular complexity index is 581. The Hall–Kier alpha value is -1.43. The molecule has 102 valence electrons. The Labute approximate surface area is 112 Å². The number of hydrogen-bond acceptors (Lipinski definition) is 4. The molecule has 1 atom stereocenters. The SMILES string of the molecule is O=C(c1ccccn1)N(C1CC1)[C@@H]1CCS(=O)(=O)C1. The van der Waals surface area contributed by atoms with Crippen molar-refractivity contribution in [2.75, 3.05) is 11.5 Å². The van der Waals surface area contributed by atoms with Crippen LogP contribution in [0.15, 0.2) is 24.4 Å². The van der Waals surface area contributed by atoms with Gasteiger partial charge < -0.3 is 4.90 Å². The first-order valence-corrected chi connectivity index (χ1v) is 8.33. The van der Waals surface area contributed by atoms with Gasteiger partial charge in [0, 0.05) is 18.3 Å². The quantitative estimate of drug-likeness (QED) is 0.824. The fourth-order valence-electron chi connectivity index (χ4n) is 2.60. The maximum absolute atomic E-state index is 12.5. The van der Waals surface area contributed by atoms with E-state index >= 15 is 0 Å². The second kappa shape index (κ2) is 4.59. The van der Waals surface area contributed by atoms with Gasteiger partial charge in [0.25, 0.3) is 5.91 Å². The molecule has 2 aliphatic rings. The lowest BCUT2D eigenvalue weighted by atomic mass is 10.2. The van der Waals surface area contributed by atoms with Crippen LogP contribution in [0, 0.1) is 0 Å². The fraction of sp³-hybridized carbons (Fsp3) is 0.538. The summed E-state index contributed by atoms with van der Waals surface area (Å²) in [6.45, 7) is 0. The van der Waals surface area contributed by atoms with Gasteiger partial charge in [-0.2, -0.15) is 0 Å². The molecule has 0 N–H and O–H groups in total. The highest BCUT2D eigenvalue weighted by molar-refractivity contribution is 7.91. The van der Waals surface area contributed by atoms with Crippen LogP contribution >= 0.6 is 0 Å². The maximum atomic E-state index is 12.5. The molecule has 1 aliphatic heterocycles. The molecule has 1 saturated carbocycles. The van der Waals surface area contributed by atoms with Gasteiger partial charge in [-0.15, -0.1) is 0 Å². The third-order valence-corrected chi connectivity index (χ3v) is 5.41. The van der Waals surface area contributed by atoms with Crippen LogP contribution in [0.3, 0.4) is 0 Å². The van der Waals surface area contributed by atoms with Crippen LogP contribution in [0.2, 0.25) is 0 Å². The van der Waals surface area contributed by atoms with Crippen LogP contribution < -0.4 is 0 Å². The molecular formula is C13H16N2O3S. The van der Waals surface area contributed by atoms with Crippen molar-refractivity contribution in [1.82, 2.24) is 9.88 Å². The third kappa shape index (κ3) is 2.63. The summed E-state index contributed by atoms with van der Waals surface area (Å²) in [5.41, 5.74) is 0.402. The first-order chi connectivity index (χ1) is 9.07. The van der Waals surface area contributed by atoms with Gasteiger partial charge in [-0.3, -0.25) is 9.78 Å². The van der Waals surface area contributed by atoms with Gasteiger partial charge >= 0.3 is 0 Å². The van der Waals surface area contributed by atoms with E-state index in [1.54, 1.807) is 29.3 Å². The van der Waals surface area contributed by atoms with Gasteiger partial charge in [0.15, 0.2) is 9.84 Å². The zero-order valence-electron chi connectivity index (χ0n) is 10.5. The molecule has 0 spiro atoms. The Morgan fingerprint density at radius 3 is 2.53 bits per heavy atom. The Kier molecular flexibility index (Phi) is 3.05. The lowest BCUT2D eigenvalue weighted by molar-refractivity contribution is 0.0674. The molecule has 2 heterocycles. The Morgan fingerprint density at radius 1 is 1.21 bits per heavy atom. The van der Waals surface area contributed by atoms with E-state index in [1.165, 1.54) is 0 Å². The van der Waals surface area contributed by atoms with Crippen molar-refractivity contribution in [3.63, 3.8) is 0 Å². The number of hydrogen-bond donors (Lipinski definition) is 0. The number of carbonyl (C=O) groups is 1. The van der Waals surface area contributed by atoms with Crippen LogP contribution in [0.4, 0.5) is 0 Å². The first-order valence-electron chi connectivity index (χ1n) is 6.51. The number of amides is 1. The van der Waals surface area contributed by atoms with Gasteiger partial charge in [-0.1, -0.05) is 6.07 Å². The number of rotatable bonds is 3. The largest absolute Gasteiger partial charge is 0.330 e. The molecular weight excluding hydrogens is 264 g/mol. The van der Waals surface area contributed by atoms with E-state index in [2.05, 4.69) is 4.98 Å². The fourth-order valence-corrected chi connectivity index (χ4v) is 4.31. The number of carbonyl (C=O) groups excluding carboxylic acids is 1. The summed E-state index contributed by atoms with van der Waals surface area (Å²) >= 11 is 0. The molecule has 1 aliphatic carbocycles. The molecule has 6 heteroatoms. The zero-order valence-corrected chi connectivity index (χ0v) is 11.3. The van der Waals surface area contributed by atoms with E-state index in [-0.39, 0.29) is 29.5 Å². The van der Waals surface area contributed by atoms with Crippen LogP contribution in [0.5, 0.6) is 0 Å². The smallest absolute Gasteiger partial charge is 0.272 e. The van der Waals surface area contributed by atoms with Crippen molar-refractivity contribution in [3.05, 3.63) is 30.1 Å². The average molecular weight is 280 g/mol. The van der Waals surface area contributed by atoms with Gasteiger partial charge in [-0.05, 0) is 31.4 Å². The monoisotopic (exact) mass is 280 g/mol. The summed E-state index contributed by atoms with van der Waals surface area (Å²) < 4.78 is 23.2. The minimum absolute atomic E-state index is 0.0993. The molecule has 3 rings (SSSR count). The highest BCUT2D eigenvalue weighted by Gasteiger charge is 2.42. The van der Waals surface area contributed by atoms with Crippen LogP contribution in [-0.4, -0.2) is 47.8 Å². The average Bonchev–Trinajstić information content (AvgIpc) is 3.15. The van der Waals surface area contributed by atoms with Crippen LogP contribution in [-0.2, 0) is 9.84 Å². The van der Waals surface area contributed by atoms with Crippen molar-refractivity contribution >= 4 is 15.7 Å². The summed E-state index contributed by atoms with van der Waals surface area (Å²) in [5, 5.41) is 0. The van der Waals surface area contributed by atoms with Gasteiger partial charge in [0.2, 0.25) is 0 Å². The summed E-state index contributed by atoms with van der Waals surface area (Å²) in [6, 6.07) is 5.25. The molecule has 5 nitrogen and oxygen atoms in total. The predicted molar refractivity (Wildman–Crippen MR) is 70.5 cm³/mol. The van der Waals surface area contributed by atoms with Crippen LogP contribution in [0.1, 0.15) is 29.8 Å². The number of nitrogens with zero attached hydrogens (tertiary/aromatic N) is 2. The molecule has 2 fully saturated rings. The summed E-state index contributed by atoms with van der Waals surface area (Å²) in [5.74, 6) is 0.156. The van der Waals surface area contributed by atoms with Crippen molar-refractivity contribution in [3.8, 4) is 0 Å². The van der Waals surface area contributed by atoms with E-state index in [0.29, 0.717) is 12.1 Å². The molecule has 0 unspecified atom stereocenters. The van der Waals surface area contributed by atoms with Gasteiger partial charge in [-0.25, -0.2) is 8.42 Å². The topological polar surface area (TPSA) is 67.3 Å². The number of aromatic nitrogens is 1. The molecule has 1 amide bonds. The van der Waals surface area contributed by atoms with E-state index in [0.717, 1.165) is 12.8 Å². The molecule has 0 aromatic carbocycles. The van der Waals surface area contributed by atoms with Crippen molar-refractivity contribution in [2.45, 2.75) is 31.3 Å². The molecule has 1 saturated heterocycles. The molecule has 19 heavy (non-hydrogen) atoms. The highest BCUT2D eigenvalue weighted by Crippen LogP contribution is 2.33. The number of sulfone groups is 1. The second-order valence-electron chi connectivity index (χ2n) is 5.22. The molecule has 0 radical (unpaired) electrons. The lowest BCUT2D eigenvalue weighted by Crippen LogP contribution is -2.43. The van der Waals surface area contributed by atoms with Gasteiger partial charge in [0.05, 0.1) is 11.5 Å². The summed E-state index contributed by atoms with van der Waals surface area (Å²) in [4.78, 5) is 18.3. The zero-order chi connectivity index (χ0) is 13.5. The van der Waals surface area contributed by atoms with E-state index in [9.17, 15) is 13.2 Å². The van der Waals surface area contributed by atoms with E-state index < -0.39 is 9.84 Å². The molecule has 1 aromatic rings. The number of pyridine rings is 1. The highest BCUT2D eigenvalue weighted by atomic mass is 32.2. The molecule has 1 aromatic heterocycles. The van der Waals surface area contributed by atoms with Crippen LogP contribution in [0.25, 0.3) is 0 Å². The molecule has 0 bridgehead atoms. The minimum atomic E-state index is -2.98. The Balaban J connectivity index is 1.84. The maximum Gasteiger partial charge on any atom is 0.272 e. The normalized spacial score (nSPS) is 25.2. The second-order valence-corrected chi connectivity index (χ2v) is 7.44.